The van der Waals surface area contributed by atoms with Gasteiger partial charge in [0.15, 0.2) is 0 Å². The summed E-state index contributed by atoms with van der Waals surface area (Å²) in [7, 11) is 1.99. The molecular weight excluding hydrogens is 224 g/mol. The lowest BCUT2D eigenvalue weighted by atomic mass is 10.0. The van der Waals surface area contributed by atoms with Crippen LogP contribution in [0.4, 0.5) is 11.4 Å². The van der Waals surface area contributed by atoms with Gasteiger partial charge in [0.2, 0.25) is 0 Å². The molecule has 0 radical (unpaired) electrons. The monoisotopic (exact) mass is 250 g/mol. The van der Waals surface area contributed by atoms with Gasteiger partial charge in [-0.2, -0.15) is 0 Å². The molecule has 1 aromatic carbocycles. The SMILES string of the molecule is CCC(C)C(C)Nc1ccc(N(C)CCO)cc1. The van der Waals surface area contributed by atoms with Gasteiger partial charge in [-0.1, -0.05) is 20.3 Å². The second kappa shape index (κ2) is 7.27. The van der Waals surface area contributed by atoms with Crippen molar-refractivity contribution in [1.82, 2.24) is 0 Å². The van der Waals surface area contributed by atoms with Crippen LogP contribution < -0.4 is 10.2 Å². The number of nitrogens with zero attached hydrogens (tertiary/aromatic N) is 1. The highest BCUT2D eigenvalue weighted by atomic mass is 16.3. The molecule has 0 fully saturated rings. The predicted octanol–water partition coefficient (Wildman–Crippen LogP) is 2.96. The Bertz CT molecular complexity index is 337. The van der Waals surface area contributed by atoms with Crippen molar-refractivity contribution in [3.05, 3.63) is 24.3 Å². The van der Waals surface area contributed by atoms with E-state index in [2.05, 4.69) is 50.4 Å². The first kappa shape index (κ1) is 14.8. The first-order valence-corrected chi connectivity index (χ1v) is 6.77. The van der Waals surface area contributed by atoms with Gasteiger partial charge in [-0.25, -0.2) is 0 Å². The van der Waals surface area contributed by atoms with Crippen molar-refractivity contribution in [2.24, 2.45) is 5.92 Å². The Hall–Kier alpha value is -1.22. The molecule has 0 spiro atoms. The van der Waals surface area contributed by atoms with Gasteiger partial charge in [0.25, 0.3) is 0 Å². The van der Waals surface area contributed by atoms with Gasteiger partial charge in [-0.15, -0.1) is 0 Å². The lowest BCUT2D eigenvalue weighted by Gasteiger charge is -2.22. The van der Waals surface area contributed by atoms with Crippen molar-refractivity contribution in [2.75, 3.05) is 30.4 Å². The van der Waals surface area contributed by atoms with Gasteiger partial charge in [0.05, 0.1) is 6.61 Å². The highest BCUT2D eigenvalue weighted by Crippen LogP contribution is 2.19. The van der Waals surface area contributed by atoms with Crippen LogP contribution in [0.5, 0.6) is 0 Å². The Morgan fingerprint density at radius 2 is 1.83 bits per heavy atom. The van der Waals surface area contributed by atoms with Crippen LogP contribution in [-0.4, -0.2) is 31.3 Å². The number of rotatable bonds is 7. The van der Waals surface area contributed by atoms with E-state index in [0.29, 0.717) is 18.5 Å². The average Bonchev–Trinajstić information content (AvgIpc) is 2.38. The number of benzene rings is 1. The van der Waals surface area contributed by atoms with Crippen LogP contribution in [0.2, 0.25) is 0 Å². The molecule has 0 aliphatic heterocycles. The standard InChI is InChI=1S/C15H26N2O/c1-5-12(2)13(3)16-14-6-8-15(9-7-14)17(4)10-11-18/h6-9,12-13,16,18H,5,10-11H2,1-4H3. The van der Waals surface area contributed by atoms with Gasteiger partial charge >= 0.3 is 0 Å². The van der Waals surface area contributed by atoms with Crippen LogP contribution in [0.3, 0.4) is 0 Å². The molecule has 1 aromatic rings. The van der Waals surface area contributed by atoms with E-state index in [1.54, 1.807) is 0 Å². The molecule has 0 aromatic heterocycles. The minimum Gasteiger partial charge on any atom is -0.395 e. The molecule has 3 nitrogen and oxygen atoms in total. The van der Waals surface area contributed by atoms with E-state index in [9.17, 15) is 0 Å². The minimum absolute atomic E-state index is 0.182. The number of aliphatic hydroxyl groups is 1. The van der Waals surface area contributed by atoms with E-state index >= 15 is 0 Å². The Labute approximate surface area is 111 Å². The summed E-state index contributed by atoms with van der Waals surface area (Å²) in [4.78, 5) is 2.04. The molecule has 0 aliphatic carbocycles. The zero-order chi connectivity index (χ0) is 13.5. The fourth-order valence-electron chi connectivity index (χ4n) is 1.85. The maximum atomic E-state index is 8.91. The number of anilines is 2. The van der Waals surface area contributed by atoms with Crippen LogP contribution >= 0.6 is 0 Å². The number of hydrogen-bond acceptors (Lipinski definition) is 3. The van der Waals surface area contributed by atoms with Crippen LogP contribution in [0.25, 0.3) is 0 Å². The molecule has 2 N–H and O–H groups in total. The molecule has 0 saturated carbocycles. The first-order chi connectivity index (χ1) is 8.58. The van der Waals surface area contributed by atoms with Crippen LogP contribution in [-0.2, 0) is 0 Å². The summed E-state index contributed by atoms with van der Waals surface area (Å²) in [6, 6.07) is 8.85. The zero-order valence-electron chi connectivity index (χ0n) is 12.0. The zero-order valence-corrected chi connectivity index (χ0v) is 12.0. The van der Waals surface area contributed by atoms with Gasteiger partial charge in [0, 0.05) is 31.0 Å². The molecule has 0 heterocycles. The third-order valence-corrected chi connectivity index (χ3v) is 3.64. The minimum atomic E-state index is 0.182. The molecule has 0 aliphatic rings. The Kier molecular flexibility index (Phi) is 5.99. The fraction of sp³-hybridized carbons (Fsp3) is 0.600. The topological polar surface area (TPSA) is 35.5 Å². The third-order valence-electron chi connectivity index (χ3n) is 3.64. The molecule has 18 heavy (non-hydrogen) atoms. The molecule has 1 rings (SSSR count). The summed E-state index contributed by atoms with van der Waals surface area (Å²) in [6.07, 6.45) is 1.19. The second-order valence-corrected chi connectivity index (χ2v) is 5.01. The van der Waals surface area contributed by atoms with Gasteiger partial charge < -0.3 is 15.3 Å². The molecule has 102 valence electrons. The summed E-state index contributed by atoms with van der Waals surface area (Å²) in [5.41, 5.74) is 2.29. The van der Waals surface area contributed by atoms with E-state index in [-0.39, 0.29) is 6.61 Å². The number of aliphatic hydroxyl groups excluding tert-OH is 1. The van der Waals surface area contributed by atoms with Crippen LogP contribution in [0, 0.1) is 5.92 Å². The largest absolute Gasteiger partial charge is 0.395 e. The maximum absolute atomic E-state index is 8.91. The third kappa shape index (κ3) is 4.22. The van der Waals surface area contributed by atoms with Crippen molar-refractivity contribution >= 4 is 11.4 Å². The lowest BCUT2D eigenvalue weighted by molar-refractivity contribution is 0.304. The number of nitrogens with one attached hydrogen (secondary N) is 1. The molecule has 0 bridgehead atoms. The van der Waals surface area contributed by atoms with Crippen LogP contribution in [0.15, 0.2) is 24.3 Å². The van der Waals surface area contributed by atoms with E-state index < -0.39 is 0 Å². The average molecular weight is 250 g/mol. The Morgan fingerprint density at radius 1 is 1.22 bits per heavy atom. The lowest BCUT2D eigenvalue weighted by Crippen LogP contribution is -2.23. The predicted molar refractivity (Wildman–Crippen MR) is 79.3 cm³/mol. The van der Waals surface area contributed by atoms with Crippen molar-refractivity contribution in [1.29, 1.82) is 0 Å². The van der Waals surface area contributed by atoms with E-state index in [1.165, 1.54) is 6.42 Å². The Morgan fingerprint density at radius 3 is 2.33 bits per heavy atom. The molecule has 3 heteroatoms. The summed E-state index contributed by atoms with van der Waals surface area (Å²) < 4.78 is 0. The van der Waals surface area contributed by atoms with E-state index in [4.69, 9.17) is 5.11 Å². The summed E-state index contributed by atoms with van der Waals surface area (Å²) in [5.74, 6) is 0.668. The van der Waals surface area contributed by atoms with E-state index in [0.717, 1.165) is 11.4 Å². The highest BCUT2D eigenvalue weighted by molar-refractivity contribution is 5.55. The Balaban J connectivity index is 2.60. The smallest absolute Gasteiger partial charge is 0.0606 e. The van der Waals surface area contributed by atoms with E-state index in [1.807, 2.05) is 11.9 Å². The van der Waals surface area contributed by atoms with Crippen molar-refractivity contribution in [3.8, 4) is 0 Å². The molecule has 0 saturated heterocycles. The van der Waals surface area contributed by atoms with Gasteiger partial charge in [-0.05, 0) is 37.1 Å². The van der Waals surface area contributed by atoms with Crippen LogP contribution in [0.1, 0.15) is 27.2 Å². The number of hydrogen-bond donors (Lipinski definition) is 2. The first-order valence-electron chi connectivity index (χ1n) is 6.77. The number of likely N-dealkylation sites (N-methyl/N-ethyl adjacent to an activating group) is 1. The van der Waals surface area contributed by atoms with Gasteiger partial charge in [-0.3, -0.25) is 0 Å². The maximum Gasteiger partial charge on any atom is 0.0606 e. The normalized spacial score (nSPS) is 14.1. The molecule has 2 unspecified atom stereocenters. The highest BCUT2D eigenvalue weighted by Gasteiger charge is 2.09. The molecule has 2 atom stereocenters. The van der Waals surface area contributed by atoms with Gasteiger partial charge in [0.1, 0.15) is 0 Å². The summed E-state index contributed by atoms with van der Waals surface area (Å²) >= 11 is 0. The summed E-state index contributed by atoms with van der Waals surface area (Å²) in [6.45, 7) is 7.55. The summed E-state index contributed by atoms with van der Waals surface area (Å²) in [5, 5.41) is 12.4. The van der Waals surface area contributed by atoms with Crippen molar-refractivity contribution in [3.63, 3.8) is 0 Å². The van der Waals surface area contributed by atoms with Crippen molar-refractivity contribution in [2.45, 2.75) is 33.2 Å². The second-order valence-electron chi connectivity index (χ2n) is 5.01. The quantitative estimate of drug-likeness (QED) is 0.781. The van der Waals surface area contributed by atoms with Crippen molar-refractivity contribution < 1.29 is 5.11 Å². The fourth-order valence-corrected chi connectivity index (χ4v) is 1.85. The molecular formula is C15H26N2O. The molecule has 0 amide bonds.